The van der Waals surface area contributed by atoms with Crippen LogP contribution in [0.4, 0.5) is 0 Å². The second kappa shape index (κ2) is 6.13. The molecule has 1 aromatic heterocycles. The van der Waals surface area contributed by atoms with Gasteiger partial charge < -0.3 is 9.67 Å². The lowest BCUT2D eigenvalue weighted by Crippen LogP contribution is -2.32. The third-order valence-electron chi connectivity index (χ3n) is 2.50. The summed E-state index contributed by atoms with van der Waals surface area (Å²) in [6.45, 7) is 5.05. The van der Waals surface area contributed by atoms with E-state index in [9.17, 15) is 8.42 Å². The van der Waals surface area contributed by atoms with Crippen molar-refractivity contribution in [1.82, 2.24) is 13.9 Å². The maximum Gasteiger partial charge on any atom is 0.262 e. The van der Waals surface area contributed by atoms with Crippen molar-refractivity contribution in [2.45, 2.75) is 31.8 Å². The Balaban J connectivity index is 2.91. The van der Waals surface area contributed by atoms with E-state index in [0.29, 0.717) is 26.1 Å². The third kappa shape index (κ3) is 3.27. The third-order valence-corrected chi connectivity index (χ3v) is 4.36. The van der Waals surface area contributed by atoms with Gasteiger partial charge in [-0.2, -0.15) is 4.31 Å². The van der Waals surface area contributed by atoms with E-state index in [4.69, 9.17) is 5.11 Å². The largest absolute Gasteiger partial charge is 0.396 e. The summed E-state index contributed by atoms with van der Waals surface area (Å²) in [4.78, 5) is 3.91. The molecule has 0 aliphatic carbocycles. The molecule has 1 N–H and O–H groups in total. The van der Waals surface area contributed by atoms with E-state index in [-0.39, 0.29) is 11.6 Å². The second-order valence-corrected chi connectivity index (χ2v) is 5.50. The van der Waals surface area contributed by atoms with Gasteiger partial charge in [-0.25, -0.2) is 13.4 Å². The van der Waals surface area contributed by atoms with E-state index in [1.54, 1.807) is 11.5 Å². The van der Waals surface area contributed by atoms with Crippen molar-refractivity contribution in [3.05, 3.63) is 12.5 Å². The molecule has 0 amide bonds. The van der Waals surface area contributed by atoms with Crippen LogP contribution in [-0.2, 0) is 16.6 Å². The predicted octanol–water partition coefficient (Wildman–Crippen LogP) is 0.296. The number of aliphatic hydroxyl groups excluding tert-OH is 1. The first-order valence-corrected chi connectivity index (χ1v) is 7.13. The van der Waals surface area contributed by atoms with Gasteiger partial charge in [-0.05, 0) is 13.3 Å². The molecule has 7 heteroatoms. The van der Waals surface area contributed by atoms with Crippen LogP contribution < -0.4 is 0 Å². The number of aliphatic hydroxyl groups is 1. The van der Waals surface area contributed by atoms with Crippen LogP contribution in [-0.4, -0.2) is 47.1 Å². The van der Waals surface area contributed by atoms with Crippen molar-refractivity contribution in [1.29, 1.82) is 0 Å². The quantitative estimate of drug-likeness (QED) is 0.766. The molecule has 0 atom stereocenters. The average molecular weight is 261 g/mol. The van der Waals surface area contributed by atoms with Gasteiger partial charge in [-0.1, -0.05) is 6.92 Å². The van der Waals surface area contributed by atoms with E-state index in [1.807, 2.05) is 6.92 Å². The first-order chi connectivity index (χ1) is 8.06. The molecular formula is C10H19N3O3S. The van der Waals surface area contributed by atoms with Gasteiger partial charge in [0.15, 0.2) is 5.03 Å². The molecule has 0 unspecified atom stereocenters. The highest BCUT2D eigenvalue weighted by atomic mass is 32.2. The molecule has 1 aromatic rings. The molecule has 0 bridgehead atoms. The number of aryl methyl sites for hydroxylation is 1. The van der Waals surface area contributed by atoms with Crippen LogP contribution in [0, 0.1) is 0 Å². The van der Waals surface area contributed by atoms with Crippen LogP contribution in [0.25, 0.3) is 0 Å². The number of aromatic nitrogens is 2. The lowest BCUT2D eigenvalue weighted by molar-refractivity contribution is 0.271. The minimum Gasteiger partial charge on any atom is -0.396 e. The molecule has 1 rings (SSSR count). The van der Waals surface area contributed by atoms with Crippen molar-refractivity contribution in [2.24, 2.45) is 0 Å². The Hall–Kier alpha value is -0.920. The maximum absolute atomic E-state index is 12.2. The van der Waals surface area contributed by atoms with Crippen molar-refractivity contribution in [2.75, 3.05) is 19.7 Å². The first kappa shape index (κ1) is 14.1. The highest BCUT2D eigenvalue weighted by Crippen LogP contribution is 2.13. The Morgan fingerprint density at radius 2 is 2.18 bits per heavy atom. The van der Waals surface area contributed by atoms with Gasteiger partial charge >= 0.3 is 0 Å². The number of imidazole rings is 1. The van der Waals surface area contributed by atoms with E-state index in [0.717, 1.165) is 0 Å². The zero-order valence-corrected chi connectivity index (χ0v) is 11.0. The molecule has 0 spiro atoms. The summed E-state index contributed by atoms with van der Waals surface area (Å²) in [5.74, 6) is 0. The first-order valence-electron chi connectivity index (χ1n) is 5.69. The molecular weight excluding hydrogens is 242 g/mol. The molecule has 17 heavy (non-hydrogen) atoms. The van der Waals surface area contributed by atoms with Gasteiger partial charge in [0, 0.05) is 32.4 Å². The summed E-state index contributed by atoms with van der Waals surface area (Å²) in [6, 6.07) is 0. The van der Waals surface area contributed by atoms with Gasteiger partial charge in [0.2, 0.25) is 0 Å². The Bertz CT molecular complexity index is 441. The van der Waals surface area contributed by atoms with E-state index >= 15 is 0 Å². The summed E-state index contributed by atoms with van der Waals surface area (Å²) >= 11 is 0. The summed E-state index contributed by atoms with van der Waals surface area (Å²) in [6.07, 6.45) is 3.46. The standard InChI is InChI=1S/C10H19N3O3S/c1-3-12-8-10(11-9-12)17(15,16)13(4-2)6-5-7-14/h8-9,14H,3-7H2,1-2H3. The lowest BCUT2D eigenvalue weighted by atomic mass is 10.4. The van der Waals surface area contributed by atoms with Crippen LogP contribution in [0.1, 0.15) is 20.3 Å². The predicted molar refractivity (Wildman–Crippen MR) is 64.0 cm³/mol. The minimum absolute atomic E-state index is 0.0184. The number of hydrogen-bond acceptors (Lipinski definition) is 4. The summed E-state index contributed by atoms with van der Waals surface area (Å²) in [5, 5.41) is 8.82. The molecule has 1 heterocycles. The van der Waals surface area contributed by atoms with Crippen LogP contribution >= 0.6 is 0 Å². The van der Waals surface area contributed by atoms with Crippen molar-refractivity contribution in [3.63, 3.8) is 0 Å². The van der Waals surface area contributed by atoms with E-state index in [2.05, 4.69) is 4.98 Å². The maximum atomic E-state index is 12.2. The smallest absolute Gasteiger partial charge is 0.262 e. The number of rotatable bonds is 7. The number of hydrogen-bond donors (Lipinski definition) is 1. The molecule has 6 nitrogen and oxygen atoms in total. The monoisotopic (exact) mass is 261 g/mol. The van der Waals surface area contributed by atoms with E-state index < -0.39 is 10.0 Å². The number of sulfonamides is 1. The van der Waals surface area contributed by atoms with Crippen molar-refractivity contribution >= 4 is 10.0 Å². The molecule has 0 aromatic carbocycles. The fourth-order valence-electron chi connectivity index (χ4n) is 1.47. The zero-order valence-electron chi connectivity index (χ0n) is 10.2. The molecule has 0 saturated carbocycles. The summed E-state index contributed by atoms with van der Waals surface area (Å²) < 4.78 is 27.4. The fourth-order valence-corrected chi connectivity index (χ4v) is 2.90. The second-order valence-electron chi connectivity index (χ2n) is 3.62. The van der Waals surface area contributed by atoms with E-state index in [1.165, 1.54) is 16.8 Å². The van der Waals surface area contributed by atoms with Crippen LogP contribution in [0.3, 0.4) is 0 Å². The molecule has 0 fully saturated rings. The Morgan fingerprint density at radius 1 is 1.47 bits per heavy atom. The van der Waals surface area contributed by atoms with Gasteiger partial charge in [0.05, 0.1) is 6.33 Å². The van der Waals surface area contributed by atoms with Crippen LogP contribution in [0.15, 0.2) is 17.6 Å². The van der Waals surface area contributed by atoms with Crippen LogP contribution in [0.5, 0.6) is 0 Å². The van der Waals surface area contributed by atoms with Gasteiger partial charge in [-0.15, -0.1) is 0 Å². The summed E-state index contributed by atoms with van der Waals surface area (Å²) in [7, 11) is -3.52. The highest BCUT2D eigenvalue weighted by molar-refractivity contribution is 7.89. The molecule has 98 valence electrons. The highest BCUT2D eigenvalue weighted by Gasteiger charge is 2.24. The average Bonchev–Trinajstić information content (AvgIpc) is 2.79. The van der Waals surface area contributed by atoms with Gasteiger partial charge in [0.1, 0.15) is 0 Å². The normalized spacial score (nSPS) is 12.2. The van der Waals surface area contributed by atoms with Crippen molar-refractivity contribution in [3.8, 4) is 0 Å². The molecule has 0 aliphatic rings. The lowest BCUT2D eigenvalue weighted by Gasteiger charge is -2.18. The topological polar surface area (TPSA) is 75.4 Å². The molecule has 0 saturated heterocycles. The van der Waals surface area contributed by atoms with Gasteiger partial charge in [0.25, 0.3) is 10.0 Å². The molecule has 0 aliphatic heterocycles. The van der Waals surface area contributed by atoms with Gasteiger partial charge in [-0.3, -0.25) is 0 Å². The minimum atomic E-state index is -3.52. The fraction of sp³-hybridized carbons (Fsp3) is 0.700. The zero-order chi connectivity index (χ0) is 12.9. The SMILES string of the molecule is CCN(CCCO)S(=O)(=O)c1cn(CC)cn1. The number of nitrogens with zero attached hydrogens (tertiary/aromatic N) is 3. The Morgan fingerprint density at radius 3 is 2.65 bits per heavy atom. The Labute approximate surface area is 102 Å². The molecule has 0 radical (unpaired) electrons. The summed E-state index contributed by atoms with van der Waals surface area (Å²) in [5.41, 5.74) is 0. The Kier molecular flexibility index (Phi) is 5.10. The van der Waals surface area contributed by atoms with Crippen molar-refractivity contribution < 1.29 is 13.5 Å². The van der Waals surface area contributed by atoms with Crippen LogP contribution in [0.2, 0.25) is 0 Å².